The van der Waals surface area contributed by atoms with Gasteiger partial charge in [0.25, 0.3) is 5.91 Å². The summed E-state index contributed by atoms with van der Waals surface area (Å²) in [5, 5.41) is 0. The maximum atomic E-state index is 13.2. The van der Waals surface area contributed by atoms with Crippen LogP contribution in [0, 0.1) is 0 Å². The fraction of sp³-hybridized carbons (Fsp3) is 0.375. The first-order chi connectivity index (χ1) is 14.4. The maximum absolute atomic E-state index is 13.2. The molecule has 0 spiro atoms. The van der Waals surface area contributed by atoms with Crippen LogP contribution in [-0.4, -0.2) is 49.2 Å². The van der Waals surface area contributed by atoms with Gasteiger partial charge >= 0.3 is 0 Å². The van der Waals surface area contributed by atoms with Crippen molar-refractivity contribution in [2.24, 2.45) is 0 Å². The third-order valence-corrected chi connectivity index (χ3v) is 7.59. The monoisotopic (exact) mass is 426 g/mol. The number of amides is 1. The molecule has 1 amide bonds. The Balaban J connectivity index is 1.80. The summed E-state index contributed by atoms with van der Waals surface area (Å²) in [5.41, 5.74) is 1.53. The van der Waals surface area contributed by atoms with Crippen LogP contribution in [0.15, 0.2) is 72.1 Å². The van der Waals surface area contributed by atoms with Gasteiger partial charge in [0.2, 0.25) is 10.0 Å². The normalized spacial score (nSPS) is 17.4. The lowest BCUT2D eigenvalue weighted by atomic mass is 10.1. The Morgan fingerprint density at radius 3 is 2.63 bits per heavy atom. The van der Waals surface area contributed by atoms with Crippen molar-refractivity contribution in [3.05, 3.63) is 78.4 Å². The lowest BCUT2D eigenvalue weighted by Crippen LogP contribution is -2.42. The number of benzene rings is 2. The molecule has 0 radical (unpaired) electrons. The van der Waals surface area contributed by atoms with Gasteiger partial charge in [-0.15, -0.1) is 6.58 Å². The smallest absolute Gasteiger partial charge is 0.254 e. The Bertz CT molecular complexity index is 973. The highest BCUT2D eigenvalue weighted by molar-refractivity contribution is 7.89. The van der Waals surface area contributed by atoms with E-state index in [1.165, 1.54) is 6.07 Å². The van der Waals surface area contributed by atoms with Crippen LogP contribution in [0.3, 0.4) is 0 Å². The molecule has 2 aromatic rings. The first kappa shape index (κ1) is 22.2. The van der Waals surface area contributed by atoms with E-state index in [0.29, 0.717) is 25.2 Å². The lowest BCUT2D eigenvalue weighted by Gasteiger charge is -2.32. The average molecular weight is 427 g/mol. The number of carbonyl (C=O) groups excluding carboxylic acids is 1. The molecule has 2 aromatic carbocycles. The van der Waals surface area contributed by atoms with Crippen molar-refractivity contribution in [3.63, 3.8) is 0 Å². The van der Waals surface area contributed by atoms with E-state index in [0.717, 1.165) is 31.2 Å². The van der Waals surface area contributed by atoms with Gasteiger partial charge in [-0.05, 0) is 49.9 Å². The Labute approximate surface area is 180 Å². The molecule has 0 aromatic heterocycles. The van der Waals surface area contributed by atoms with E-state index in [9.17, 15) is 13.2 Å². The Morgan fingerprint density at radius 2 is 1.93 bits per heavy atom. The van der Waals surface area contributed by atoms with Crippen LogP contribution in [0.2, 0.25) is 0 Å². The number of sulfonamides is 1. The number of carbonyl (C=O) groups is 1. The number of rotatable bonds is 8. The second-order valence-electron chi connectivity index (χ2n) is 7.76. The summed E-state index contributed by atoms with van der Waals surface area (Å²) < 4.78 is 27.9. The fourth-order valence-electron chi connectivity index (χ4n) is 3.88. The molecule has 1 saturated heterocycles. The second-order valence-corrected chi connectivity index (χ2v) is 9.65. The van der Waals surface area contributed by atoms with Crippen molar-refractivity contribution < 1.29 is 13.2 Å². The van der Waals surface area contributed by atoms with Crippen molar-refractivity contribution >= 4 is 15.9 Å². The standard InChI is InChI=1S/C24H30N2O3S/c1-3-16-25(18-15-21-11-5-4-6-12-21)24(27)22-13-9-14-23(19-22)30(28,29)26-17-8-7-10-20(26)2/h3-6,9,11-14,19-20H,1,7-8,10,15-18H2,2H3. The molecule has 0 bridgehead atoms. The van der Waals surface area contributed by atoms with Crippen LogP contribution in [0.1, 0.15) is 42.1 Å². The van der Waals surface area contributed by atoms with Gasteiger partial charge in [0.05, 0.1) is 4.90 Å². The molecule has 5 nitrogen and oxygen atoms in total. The van der Waals surface area contributed by atoms with E-state index in [1.54, 1.807) is 33.5 Å². The van der Waals surface area contributed by atoms with Gasteiger partial charge in [0.1, 0.15) is 0 Å². The van der Waals surface area contributed by atoms with Crippen LogP contribution < -0.4 is 0 Å². The van der Waals surface area contributed by atoms with E-state index < -0.39 is 10.0 Å². The molecule has 1 atom stereocenters. The summed E-state index contributed by atoms with van der Waals surface area (Å²) in [6, 6.07) is 16.4. The molecule has 3 rings (SSSR count). The molecule has 0 aliphatic carbocycles. The van der Waals surface area contributed by atoms with Gasteiger partial charge in [-0.3, -0.25) is 4.79 Å². The molecule has 6 heteroatoms. The zero-order valence-corrected chi connectivity index (χ0v) is 18.4. The fourth-order valence-corrected chi connectivity index (χ4v) is 5.62. The number of hydrogen-bond acceptors (Lipinski definition) is 3. The number of nitrogens with zero attached hydrogens (tertiary/aromatic N) is 2. The summed E-state index contributed by atoms with van der Waals surface area (Å²) in [6.07, 6.45) is 5.20. The predicted molar refractivity (Wildman–Crippen MR) is 120 cm³/mol. The number of piperidine rings is 1. The lowest BCUT2D eigenvalue weighted by molar-refractivity contribution is 0.0775. The Morgan fingerprint density at radius 1 is 1.17 bits per heavy atom. The third-order valence-electron chi connectivity index (χ3n) is 5.58. The molecular formula is C24H30N2O3S. The first-order valence-electron chi connectivity index (χ1n) is 10.5. The highest BCUT2D eigenvalue weighted by atomic mass is 32.2. The molecule has 0 N–H and O–H groups in total. The van der Waals surface area contributed by atoms with Gasteiger partial charge in [0, 0.05) is 31.2 Å². The Kier molecular flexibility index (Phi) is 7.45. The summed E-state index contributed by atoms with van der Waals surface area (Å²) in [6.45, 7) is 7.18. The van der Waals surface area contributed by atoms with Crippen molar-refractivity contribution in [2.75, 3.05) is 19.6 Å². The second kappa shape index (κ2) is 10.0. The van der Waals surface area contributed by atoms with Crippen molar-refractivity contribution in [3.8, 4) is 0 Å². The largest absolute Gasteiger partial charge is 0.335 e. The Hall–Kier alpha value is -2.44. The first-order valence-corrected chi connectivity index (χ1v) is 11.9. The third kappa shape index (κ3) is 5.18. The average Bonchev–Trinajstić information content (AvgIpc) is 2.77. The van der Waals surface area contributed by atoms with E-state index in [4.69, 9.17) is 0 Å². The zero-order chi connectivity index (χ0) is 21.6. The predicted octanol–water partition coefficient (Wildman–Crippen LogP) is 4.12. The van der Waals surface area contributed by atoms with Crippen LogP contribution in [0.5, 0.6) is 0 Å². The van der Waals surface area contributed by atoms with Crippen LogP contribution in [0.4, 0.5) is 0 Å². The number of hydrogen-bond donors (Lipinski definition) is 0. The van der Waals surface area contributed by atoms with Gasteiger partial charge in [-0.1, -0.05) is 48.9 Å². The highest BCUT2D eigenvalue weighted by Gasteiger charge is 2.31. The topological polar surface area (TPSA) is 57.7 Å². The van der Waals surface area contributed by atoms with Crippen molar-refractivity contribution in [1.82, 2.24) is 9.21 Å². The zero-order valence-electron chi connectivity index (χ0n) is 17.5. The summed E-state index contributed by atoms with van der Waals surface area (Å²) >= 11 is 0. The van der Waals surface area contributed by atoms with E-state index >= 15 is 0 Å². The molecular weight excluding hydrogens is 396 g/mol. The maximum Gasteiger partial charge on any atom is 0.254 e. The minimum atomic E-state index is -3.62. The molecule has 1 unspecified atom stereocenters. The summed E-state index contributed by atoms with van der Waals surface area (Å²) in [4.78, 5) is 15.0. The minimum Gasteiger partial charge on any atom is -0.335 e. The van der Waals surface area contributed by atoms with Gasteiger partial charge in [-0.2, -0.15) is 4.31 Å². The molecule has 1 fully saturated rings. The van der Waals surface area contributed by atoms with Crippen molar-refractivity contribution in [2.45, 2.75) is 43.5 Å². The minimum absolute atomic E-state index is 0.0220. The summed E-state index contributed by atoms with van der Waals surface area (Å²) in [7, 11) is -3.62. The van der Waals surface area contributed by atoms with Gasteiger partial charge in [-0.25, -0.2) is 8.42 Å². The molecule has 0 saturated carbocycles. The summed E-state index contributed by atoms with van der Waals surface area (Å²) in [5.74, 6) is -0.186. The van der Waals surface area contributed by atoms with Crippen LogP contribution in [0.25, 0.3) is 0 Å². The molecule has 1 heterocycles. The van der Waals surface area contributed by atoms with Gasteiger partial charge < -0.3 is 4.90 Å². The molecule has 1 aliphatic rings. The van der Waals surface area contributed by atoms with E-state index in [-0.39, 0.29) is 16.8 Å². The van der Waals surface area contributed by atoms with Crippen LogP contribution in [-0.2, 0) is 16.4 Å². The van der Waals surface area contributed by atoms with Crippen molar-refractivity contribution in [1.29, 1.82) is 0 Å². The highest BCUT2D eigenvalue weighted by Crippen LogP contribution is 2.25. The van der Waals surface area contributed by atoms with E-state index in [1.807, 2.05) is 37.3 Å². The molecule has 160 valence electrons. The molecule has 30 heavy (non-hydrogen) atoms. The molecule has 1 aliphatic heterocycles. The van der Waals surface area contributed by atoms with E-state index in [2.05, 4.69) is 6.58 Å². The quantitative estimate of drug-likeness (QED) is 0.597. The SMILES string of the molecule is C=CCN(CCc1ccccc1)C(=O)c1cccc(S(=O)(=O)N2CCCCC2C)c1. The van der Waals surface area contributed by atoms with Gasteiger partial charge in [0.15, 0.2) is 0 Å². The van der Waals surface area contributed by atoms with Crippen LogP contribution >= 0.6 is 0 Å².